The smallest absolute Gasteiger partial charge is 0.283 e. The van der Waals surface area contributed by atoms with E-state index in [1.165, 1.54) is 22.3 Å². The van der Waals surface area contributed by atoms with Crippen LogP contribution in [0.25, 0.3) is 17.0 Å². The number of carbonyl (C=O) groups excluding carboxylic acids is 1. The number of nitrogens with zero attached hydrogens (tertiary/aromatic N) is 4. The summed E-state index contributed by atoms with van der Waals surface area (Å²) in [5.41, 5.74) is 4.30. The summed E-state index contributed by atoms with van der Waals surface area (Å²) >= 11 is 1.25. The van der Waals surface area contributed by atoms with Gasteiger partial charge in [0.05, 0.1) is 12.2 Å². The Morgan fingerprint density at radius 2 is 1.83 bits per heavy atom. The molecule has 206 valence electrons. The average molecular weight is 564 g/mol. The lowest BCUT2D eigenvalue weighted by Crippen LogP contribution is -2.35. The molecule has 1 aromatic heterocycles. The monoisotopic (exact) mass is 563 g/mol. The van der Waals surface area contributed by atoms with Gasteiger partial charge in [-0.3, -0.25) is 10.2 Å². The van der Waals surface area contributed by atoms with Crippen LogP contribution in [-0.2, 0) is 11.3 Å². The van der Waals surface area contributed by atoms with Crippen molar-refractivity contribution in [1.82, 2.24) is 9.58 Å². The van der Waals surface area contributed by atoms with Gasteiger partial charge in [-0.2, -0.15) is 15.1 Å². The van der Waals surface area contributed by atoms with Gasteiger partial charge in [0.2, 0.25) is 5.17 Å². The highest BCUT2D eigenvalue weighted by Gasteiger charge is 2.36. The highest BCUT2D eigenvalue weighted by Crippen LogP contribution is 2.31. The molecule has 1 amide bonds. The predicted octanol–water partition coefficient (Wildman–Crippen LogP) is 6.43. The van der Waals surface area contributed by atoms with Crippen LogP contribution >= 0.6 is 11.8 Å². The average Bonchev–Trinajstić information content (AvgIpc) is 3.54. The van der Waals surface area contributed by atoms with Gasteiger partial charge < -0.3 is 14.0 Å². The van der Waals surface area contributed by atoms with Crippen molar-refractivity contribution in [1.29, 1.82) is 5.41 Å². The summed E-state index contributed by atoms with van der Waals surface area (Å²) in [5.74, 6) is 1.19. The molecule has 0 bridgehead atoms. The van der Waals surface area contributed by atoms with E-state index < -0.39 is 5.91 Å². The first-order chi connectivity index (χ1) is 20.0. The zero-order valence-electron chi connectivity index (χ0n) is 22.8. The second-order valence-corrected chi connectivity index (χ2v) is 10.9. The largest absolute Gasteiger partial charge is 0.494 e. The van der Waals surface area contributed by atoms with Gasteiger partial charge in [-0.1, -0.05) is 48.5 Å². The molecule has 1 N–H and O–H groups in total. The van der Waals surface area contributed by atoms with E-state index in [1.807, 2.05) is 86.8 Å². The van der Waals surface area contributed by atoms with Gasteiger partial charge >= 0.3 is 0 Å². The maximum atomic E-state index is 13.1. The van der Waals surface area contributed by atoms with Crippen molar-refractivity contribution >= 4 is 50.7 Å². The fourth-order valence-corrected chi connectivity index (χ4v) is 5.61. The molecular weight excluding hydrogens is 534 g/mol. The molecule has 0 unspecified atom stereocenters. The number of fused-ring (bicyclic) bond motifs is 2. The second-order valence-electron chi connectivity index (χ2n) is 9.88. The number of aryl methyl sites for hydroxylation is 3. The van der Waals surface area contributed by atoms with Gasteiger partial charge in [0, 0.05) is 29.2 Å². The number of aliphatic imine (C=N–C) groups is 1. The number of thioether (sulfide) groups is 1. The third-order valence-corrected chi connectivity index (χ3v) is 7.74. The lowest BCUT2D eigenvalue weighted by Gasteiger charge is -2.20. The molecule has 0 atom stereocenters. The Morgan fingerprint density at radius 3 is 2.68 bits per heavy atom. The minimum absolute atomic E-state index is 0.00165. The van der Waals surface area contributed by atoms with E-state index in [9.17, 15) is 4.79 Å². The molecular formula is C32H29N5O3S. The Kier molecular flexibility index (Phi) is 7.43. The molecule has 9 heteroatoms. The summed E-state index contributed by atoms with van der Waals surface area (Å²) in [6.45, 7) is 5.60. The highest BCUT2D eigenvalue weighted by molar-refractivity contribution is 8.27. The molecule has 4 aromatic rings. The van der Waals surface area contributed by atoms with Gasteiger partial charge in [-0.25, -0.2) is 0 Å². The fourth-order valence-electron chi connectivity index (χ4n) is 4.81. The van der Waals surface area contributed by atoms with Crippen LogP contribution in [0.5, 0.6) is 11.5 Å². The summed E-state index contributed by atoms with van der Waals surface area (Å²) < 4.78 is 14.0. The van der Waals surface area contributed by atoms with E-state index >= 15 is 0 Å². The van der Waals surface area contributed by atoms with Gasteiger partial charge in [0.25, 0.3) is 5.91 Å². The van der Waals surface area contributed by atoms with Crippen LogP contribution in [0.4, 0.5) is 0 Å². The minimum atomic E-state index is -0.451. The van der Waals surface area contributed by atoms with Crippen molar-refractivity contribution in [2.75, 3.05) is 13.2 Å². The lowest BCUT2D eigenvalue weighted by molar-refractivity contribution is -0.114. The fraction of sp³-hybridized carbons (Fsp3) is 0.188. The van der Waals surface area contributed by atoms with Crippen molar-refractivity contribution in [3.05, 3.63) is 101 Å². The number of ether oxygens (including phenoxy) is 2. The summed E-state index contributed by atoms with van der Waals surface area (Å²) in [6.07, 6.45) is 4.58. The lowest BCUT2D eigenvalue weighted by atomic mass is 10.1. The van der Waals surface area contributed by atoms with E-state index in [-0.39, 0.29) is 18.0 Å². The molecule has 6 rings (SSSR count). The SMILES string of the molecule is Cc1cccc(OCCCn2cc(C=C3C(=N)N4N=C(COc5ccccc5C)SC4=NC3=O)c3ccccc32)c1. The van der Waals surface area contributed by atoms with Crippen LogP contribution in [0.1, 0.15) is 23.1 Å². The van der Waals surface area contributed by atoms with Gasteiger partial charge in [0.15, 0.2) is 5.84 Å². The number of hydrogen-bond acceptors (Lipinski definition) is 6. The standard InChI is InChI=1S/C32H29N5O3S/c1-21-9-7-11-24(17-21)39-16-8-15-36-19-23(25-12-4-5-13-27(25)36)18-26-30(33)37-32(34-31(26)38)41-29(35-37)20-40-28-14-6-3-10-22(28)2/h3-7,9-14,17-19,33H,8,15-16,20H2,1-2H3. The number of aromatic nitrogens is 1. The zero-order valence-corrected chi connectivity index (χ0v) is 23.6. The van der Waals surface area contributed by atoms with E-state index in [0.717, 1.165) is 46.5 Å². The molecule has 41 heavy (non-hydrogen) atoms. The number of hydrazone groups is 1. The van der Waals surface area contributed by atoms with Crippen LogP contribution in [-0.4, -0.2) is 44.7 Å². The van der Waals surface area contributed by atoms with Gasteiger partial charge in [-0.15, -0.1) is 0 Å². The number of benzene rings is 3. The molecule has 0 fully saturated rings. The van der Waals surface area contributed by atoms with Crippen molar-refractivity contribution in [2.45, 2.75) is 26.8 Å². The normalized spacial score (nSPS) is 15.8. The van der Waals surface area contributed by atoms with Crippen molar-refractivity contribution in [3.63, 3.8) is 0 Å². The Labute approximate surface area is 242 Å². The first kappa shape index (κ1) is 26.6. The second kappa shape index (κ2) is 11.5. The Hall–Kier alpha value is -4.63. The van der Waals surface area contributed by atoms with Gasteiger partial charge in [0.1, 0.15) is 23.1 Å². The molecule has 0 radical (unpaired) electrons. The molecule has 2 aliphatic rings. The minimum Gasteiger partial charge on any atom is -0.494 e. The number of rotatable bonds is 9. The number of para-hydroxylation sites is 2. The first-order valence-electron chi connectivity index (χ1n) is 13.4. The number of nitrogens with one attached hydrogen (secondary N) is 1. The maximum absolute atomic E-state index is 13.1. The third kappa shape index (κ3) is 5.67. The number of amides is 1. The number of carbonyl (C=O) groups is 1. The molecule has 0 saturated carbocycles. The Bertz CT molecular complexity index is 1750. The molecule has 3 heterocycles. The van der Waals surface area contributed by atoms with E-state index in [4.69, 9.17) is 14.9 Å². The molecule has 2 aliphatic heterocycles. The molecule has 0 aliphatic carbocycles. The Morgan fingerprint density at radius 1 is 1.00 bits per heavy atom. The molecule has 0 saturated heterocycles. The Balaban J connectivity index is 1.18. The number of hydrogen-bond donors (Lipinski definition) is 1. The predicted molar refractivity (Wildman–Crippen MR) is 165 cm³/mol. The topological polar surface area (TPSA) is 92.3 Å². The van der Waals surface area contributed by atoms with E-state index in [0.29, 0.717) is 16.8 Å². The highest BCUT2D eigenvalue weighted by atomic mass is 32.2. The van der Waals surface area contributed by atoms with Crippen molar-refractivity contribution in [2.24, 2.45) is 10.1 Å². The van der Waals surface area contributed by atoms with Crippen LogP contribution < -0.4 is 9.47 Å². The summed E-state index contributed by atoms with van der Waals surface area (Å²) in [6, 6.07) is 23.9. The van der Waals surface area contributed by atoms with E-state index in [1.54, 1.807) is 6.08 Å². The molecule has 3 aromatic carbocycles. The summed E-state index contributed by atoms with van der Waals surface area (Å²) in [5, 5.41) is 16.7. The quantitative estimate of drug-likeness (QED) is 0.187. The third-order valence-electron chi connectivity index (χ3n) is 6.86. The van der Waals surface area contributed by atoms with Crippen molar-refractivity contribution < 1.29 is 14.3 Å². The van der Waals surface area contributed by atoms with Crippen LogP contribution in [0.2, 0.25) is 0 Å². The first-order valence-corrected chi connectivity index (χ1v) is 14.2. The molecule has 0 spiro atoms. The zero-order chi connectivity index (χ0) is 28.3. The maximum Gasteiger partial charge on any atom is 0.283 e. The van der Waals surface area contributed by atoms with Crippen LogP contribution in [0, 0.1) is 19.3 Å². The summed E-state index contributed by atoms with van der Waals surface area (Å²) in [4.78, 5) is 17.3. The van der Waals surface area contributed by atoms with Crippen LogP contribution in [0.3, 0.4) is 0 Å². The van der Waals surface area contributed by atoms with Gasteiger partial charge in [-0.05, 0) is 73.5 Å². The van der Waals surface area contributed by atoms with E-state index in [2.05, 4.69) is 20.7 Å². The summed E-state index contributed by atoms with van der Waals surface area (Å²) in [7, 11) is 0. The van der Waals surface area contributed by atoms with Crippen LogP contribution in [0.15, 0.2) is 94.7 Å². The molecule has 8 nitrogen and oxygen atoms in total. The number of amidine groups is 2. The van der Waals surface area contributed by atoms with Crippen molar-refractivity contribution in [3.8, 4) is 11.5 Å².